The zero-order valence-corrected chi connectivity index (χ0v) is 6.87. The van der Waals surface area contributed by atoms with Gasteiger partial charge in [0, 0.05) is 0 Å². The zero-order valence-electron chi connectivity index (χ0n) is 6.11. The maximum absolute atomic E-state index is 8.80. The molecule has 68 valence electrons. The van der Waals surface area contributed by atoms with Crippen LogP contribution >= 0.6 is 11.6 Å². The molecule has 0 amide bonds. The Morgan fingerprint density at radius 1 is 1.27 bits per heavy atom. The van der Waals surface area contributed by atoms with Crippen molar-refractivity contribution in [3.8, 4) is 0 Å². The van der Waals surface area contributed by atoms with E-state index in [2.05, 4.69) is 0 Å². The second-order valence-electron chi connectivity index (χ2n) is 2.13. The summed E-state index contributed by atoms with van der Waals surface area (Å²) in [5.74, 6) is 0.175. The summed E-state index contributed by atoms with van der Waals surface area (Å²) in [6.07, 6.45) is -1.36. The largest absolute Gasteiger partial charge is 0.394 e. The average molecular weight is 185 g/mol. The molecule has 5 heteroatoms. The number of aliphatic hydroxyl groups is 3. The summed E-state index contributed by atoms with van der Waals surface area (Å²) in [6, 6.07) is 0. The lowest BCUT2D eigenvalue weighted by Crippen LogP contribution is -2.27. The van der Waals surface area contributed by atoms with E-state index in [1.54, 1.807) is 0 Å². The van der Waals surface area contributed by atoms with Crippen LogP contribution in [-0.2, 0) is 4.74 Å². The normalized spacial score (nSPS) is 16.4. The van der Waals surface area contributed by atoms with Crippen LogP contribution in [0.4, 0.5) is 0 Å². The van der Waals surface area contributed by atoms with E-state index >= 15 is 0 Å². The molecule has 2 unspecified atom stereocenters. The van der Waals surface area contributed by atoms with Crippen LogP contribution in [0.5, 0.6) is 0 Å². The minimum absolute atomic E-state index is 0.00551. The minimum atomic E-state index is -0.896. The van der Waals surface area contributed by atoms with Crippen molar-refractivity contribution in [1.29, 1.82) is 0 Å². The molecule has 0 aliphatic heterocycles. The Hall–Kier alpha value is 0.130. The summed E-state index contributed by atoms with van der Waals surface area (Å²) in [6.45, 7) is -0.531. The van der Waals surface area contributed by atoms with E-state index in [-0.39, 0.29) is 25.7 Å². The summed E-state index contributed by atoms with van der Waals surface area (Å²) in [5, 5.41) is 25.7. The van der Waals surface area contributed by atoms with Gasteiger partial charge < -0.3 is 20.1 Å². The number of alkyl halides is 1. The van der Waals surface area contributed by atoms with Crippen molar-refractivity contribution in [2.45, 2.75) is 12.2 Å². The topological polar surface area (TPSA) is 69.9 Å². The Kier molecular flexibility index (Phi) is 6.90. The van der Waals surface area contributed by atoms with E-state index in [9.17, 15) is 0 Å². The smallest absolute Gasteiger partial charge is 0.100 e. The molecular formula is C6H13ClO4. The fourth-order valence-corrected chi connectivity index (χ4v) is 0.633. The minimum Gasteiger partial charge on any atom is -0.394 e. The lowest BCUT2D eigenvalue weighted by molar-refractivity contribution is -0.0374. The van der Waals surface area contributed by atoms with Crippen molar-refractivity contribution in [3.63, 3.8) is 0 Å². The van der Waals surface area contributed by atoms with Crippen molar-refractivity contribution in [2.75, 3.05) is 25.7 Å². The Balaban J connectivity index is 3.34. The van der Waals surface area contributed by atoms with E-state index in [0.717, 1.165) is 0 Å². The molecule has 0 aliphatic rings. The predicted molar refractivity (Wildman–Crippen MR) is 40.6 cm³/mol. The van der Waals surface area contributed by atoms with Gasteiger partial charge in [0.1, 0.15) is 6.10 Å². The maximum atomic E-state index is 8.80. The molecule has 11 heavy (non-hydrogen) atoms. The molecule has 0 rings (SSSR count). The number of ether oxygens (including phenoxy) is 1. The molecule has 0 spiro atoms. The van der Waals surface area contributed by atoms with Gasteiger partial charge in [-0.05, 0) is 0 Å². The van der Waals surface area contributed by atoms with Crippen LogP contribution in [0.1, 0.15) is 0 Å². The van der Waals surface area contributed by atoms with Crippen LogP contribution in [0.2, 0.25) is 0 Å². The first kappa shape index (κ1) is 11.1. The Morgan fingerprint density at radius 3 is 2.27 bits per heavy atom. The molecule has 0 aliphatic carbocycles. The Labute approximate surface area is 70.4 Å². The molecule has 2 atom stereocenters. The zero-order chi connectivity index (χ0) is 8.69. The first-order valence-corrected chi connectivity index (χ1v) is 3.85. The molecule has 3 N–H and O–H groups in total. The molecule has 0 aromatic heterocycles. The quantitative estimate of drug-likeness (QED) is 0.461. The van der Waals surface area contributed by atoms with Crippen LogP contribution in [0.15, 0.2) is 0 Å². The van der Waals surface area contributed by atoms with E-state index in [4.69, 9.17) is 31.7 Å². The van der Waals surface area contributed by atoms with E-state index < -0.39 is 12.2 Å². The fourth-order valence-electron chi connectivity index (χ4n) is 0.446. The average Bonchev–Trinajstić information content (AvgIpc) is 2.06. The highest BCUT2D eigenvalue weighted by Crippen LogP contribution is 1.95. The number of hydrogen-bond donors (Lipinski definition) is 3. The molecule has 0 aromatic carbocycles. The molecule has 0 aromatic rings. The van der Waals surface area contributed by atoms with E-state index in [1.165, 1.54) is 0 Å². The highest BCUT2D eigenvalue weighted by molar-refractivity contribution is 6.18. The van der Waals surface area contributed by atoms with Gasteiger partial charge in [-0.2, -0.15) is 0 Å². The monoisotopic (exact) mass is 184 g/mol. The van der Waals surface area contributed by atoms with E-state index in [0.29, 0.717) is 0 Å². The van der Waals surface area contributed by atoms with Crippen LogP contribution in [0.3, 0.4) is 0 Å². The lowest BCUT2D eigenvalue weighted by atomic mass is 10.4. The van der Waals surface area contributed by atoms with Crippen molar-refractivity contribution in [3.05, 3.63) is 0 Å². The number of aliphatic hydroxyl groups excluding tert-OH is 3. The molecule has 0 saturated carbocycles. The third-order valence-electron chi connectivity index (χ3n) is 1.11. The standard InChI is InChI=1S/C6H13ClO4/c7-1-6(3-9)11-4-5(10)2-8/h5-6,8-10H,1-4H2. The summed E-state index contributed by atoms with van der Waals surface area (Å²) in [4.78, 5) is 0. The molecule has 0 fully saturated rings. The second-order valence-corrected chi connectivity index (χ2v) is 2.44. The van der Waals surface area contributed by atoms with Gasteiger partial charge in [-0.3, -0.25) is 0 Å². The summed E-state index contributed by atoms with van der Waals surface area (Å²) >= 11 is 5.37. The van der Waals surface area contributed by atoms with Crippen LogP contribution in [0, 0.1) is 0 Å². The summed E-state index contributed by atoms with van der Waals surface area (Å²) in [5.41, 5.74) is 0. The second kappa shape index (κ2) is 6.82. The molecular weight excluding hydrogens is 172 g/mol. The van der Waals surface area contributed by atoms with Gasteiger partial charge in [-0.15, -0.1) is 11.6 Å². The summed E-state index contributed by atoms with van der Waals surface area (Å²) < 4.78 is 4.90. The van der Waals surface area contributed by atoms with Crippen molar-refractivity contribution < 1.29 is 20.1 Å². The van der Waals surface area contributed by atoms with Crippen LogP contribution in [0.25, 0.3) is 0 Å². The highest BCUT2D eigenvalue weighted by Gasteiger charge is 2.08. The lowest BCUT2D eigenvalue weighted by Gasteiger charge is -2.14. The highest BCUT2D eigenvalue weighted by atomic mass is 35.5. The Morgan fingerprint density at radius 2 is 1.91 bits per heavy atom. The molecule has 0 radical (unpaired) electrons. The molecule has 4 nitrogen and oxygen atoms in total. The van der Waals surface area contributed by atoms with E-state index in [1.807, 2.05) is 0 Å². The Bertz CT molecular complexity index is 86.7. The third kappa shape index (κ3) is 5.41. The summed E-state index contributed by atoms with van der Waals surface area (Å²) in [7, 11) is 0. The number of halogens is 1. The molecule has 0 saturated heterocycles. The SMILES string of the molecule is OCC(O)COC(CO)CCl. The molecule has 0 heterocycles. The van der Waals surface area contributed by atoms with Gasteiger partial charge >= 0.3 is 0 Å². The van der Waals surface area contributed by atoms with Crippen molar-refractivity contribution in [1.82, 2.24) is 0 Å². The predicted octanol–water partition coefficient (Wildman–Crippen LogP) is -1.04. The van der Waals surface area contributed by atoms with Gasteiger partial charge in [0.2, 0.25) is 0 Å². The number of hydrogen-bond acceptors (Lipinski definition) is 4. The van der Waals surface area contributed by atoms with Gasteiger partial charge in [-0.25, -0.2) is 0 Å². The third-order valence-corrected chi connectivity index (χ3v) is 1.46. The van der Waals surface area contributed by atoms with Crippen molar-refractivity contribution >= 4 is 11.6 Å². The first-order chi connectivity index (χ1) is 5.24. The van der Waals surface area contributed by atoms with Gasteiger partial charge in [-0.1, -0.05) is 0 Å². The maximum Gasteiger partial charge on any atom is 0.100 e. The van der Waals surface area contributed by atoms with Crippen molar-refractivity contribution in [2.24, 2.45) is 0 Å². The van der Waals surface area contributed by atoms with Gasteiger partial charge in [0.05, 0.1) is 31.8 Å². The number of rotatable bonds is 6. The fraction of sp³-hybridized carbons (Fsp3) is 1.00. The van der Waals surface area contributed by atoms with Gasteiger partial charge in [0.15, 0.2) is 0 Å². The molecule has 0 bridgehead atoms. The van der Waals surface area contributed by atoms with Crippen LogP contribution in [-0.4, -0.2) is 53.2 Å². The van der Waals surface area contributed by atoms with Crippen LogP contribution < -0.4 is 0 Å². The van der Waals surface area contributed by atoms with Gasteiger partial charge in [0.25, 0.3) is 0 Å². The first-order valence-electron chi connectivity index (χ1n) is 3.32.